The van der Waals surface area contributed by atoms with E-state index in [-0.39, 0.29) is 5.82 Å². The Bertz CT molecular complexity index is 1120. The number of pyridine rings is 1. The van der Waals surface area contributed by atoms with Crippen molar-refractivity contribution in [3.8, 4) is 17.0 Å². The number of aromatic amines is 1. The molecule has 0 saturated carbocycles. The maximum Gasteiger partial charge on any atom is 0.145 e. The summed E-state index contributed by atoms with van der Waals surface area (Å²) in [5, 5.41) is 1.94. The molecular formula is C23H24FN3O. The van der Waals surface area contributed by atoms with Crippen LogP contribution in [0.4, 0.5) is 4.39 Å². The first-order valence-corrected chi connectivity index (χ1v) is 9.74. The van der Waals surface area contributed by atoms with Gasteiger partial charge in [0.05, 0.1) is 12.3 Å². The van der Waals surface area contributed by atoms with Gasteiger partial charge in [0.15, 0.2) is 0 Å². The molecule has 5 heteroatoms. The number of rotatable bonds is 7. The summed E-state index contributed by atoms with van der Waals surface area (Å²) in [5.74, 6) is 0.546. The number of aromatic nitrogens is 2. The lowest BCUT2D eigenvalue weighted by molar-refractivity contribution is 0.343. The fourth-order valence-electron chi connectivity index (χ4n) is 3.79. The molecule has 0 spiro atoms. The van der Waals surface area contributed by atoms with Crippen molar-refractivity contribution in [1.29, 1.82) is 0 Å². The Balaban J connectivity index is 1.93. The Morgan fingerprint density at radius 3 is 2.82 bits per heavy atom. The summed E-state index contributed by atoms with van der Waals surface area (Å²) < 4.78 is 19.7. The minimum atomic E-state index is -0.226. The largest absolute Gasteiger partial charge is 0.492 e. The molecule has 2 aromatic carbocycles. The quantitative estimate of drug-likeness (QED) is 0.435. The standard InChI is InChI=1S/C23H24FN3O/c1-2-28-21-11-9-18(16-7-5-13-26-23(16)21)22-17(6-3-4-12-25)19-14-15(24)8-10-20(19)27-22/h5,7-11,13-14,27H,2-4,6,12,25H2,1H3. The Morgan fingerprint density at radius 2 is 2.00 bits per heavy atom. The highest BCUT2D eigenvalue weighted by atomic mass is 19.1. The molecule has 0 aliphatic heterocycles. The zero-order valence-corrected chi connectivity index (χ0v) is 16.0. The van der Waals surface area contributed by atoms with E-state index in [9.17, 15) is 4.39 Å². The van der Waals surface area contributed by atoms with E-state index in [4.69, 9.17) is 10.5 Å². The number of unbranched alkanes of at least 4 members (excludes halogenated alkanes) is 1. The number of ether oxygens (including phenoxy) is 1. The molecule has 144 valence electrons. The number of hydrogen-bond donors (Lipinski definition) is 2. The molecule has 4 aromatic rings. The van der Waals surface area contributed by atoms with Crippen molar-refractivity contribution in [3.05, 3.63) is 60.0 Å². The number of nitrogens with two attached hydrogens (primary N) is 1. The third kappa shape index (κ3) is 3.34. The Morgan fingerprint density at radius 1 is 1.11 bits per heavy atom. The summed E-state index contributed by atoms with van der Waals surface area (Å²) in [6.45, 7) is 3.20. The highest BCUT2D eigenvalue weighted by molar-refractivity contribution is 6.01. The number of aryl methyl sites for hydroxylation is 1. The molecule has 2 aromatic heterocycles. The van der Waals surface area contributed by atoms with Gasteiger partial charge >= 0.3 is 0 Å². The molecule has 0 aliphatic rings. The van der Waals surface area contributed by atoms with Gasteiger partial charge < -0.3 is 15.5 Å². The minimum absolute atomic E-state index is 0.226. The van der Waals surface area contributed by atoms with Crippen LogP contribution in [-0.4, -0.2) is 23.1 Å². The summed E-state index contributed by atoms with van der Waals surface area (Å²) in [5.41, 5.74) is 10.6. The third-order valence-corrected chi connectivity index (χ3v) is 5.05. The lowest BCUT2D eigenvalue weighted by Gasteiger charge is -2.12. The normalized spacial score (nSPS) is 11.4. The second-order valence-electron chi connectivity index (χ2n) is 6.86. The van der Waals surface area contributed by atoms with Gasteiger partial charge in [-0.3, -0.25) is 4.98 Å². The third-order valence-electron chi connectivity index (χ3n) is 5.05. The smallest absolute Gasteiger partial charge is 0.145 e. The van der Waals surface area contributed by atoms with Gasteiger partial charge in [-0.25, -0.2) is 4.39 Å². The number of benzene rings is 2. The molecule has 0 saturated heterocycles. The summed E-state index contributed by atoms with van der Waals surface area (Å²) in [7, 11) is 0. The molecule has 0 aliphatic carbocycles. The van der Waals surface area contributed by atoms with Crippen LogP contribution in [0.25, 0.3) is 33.1 Å². The van der Waals surface area contributed by atoms with Crippen LogP contribution in [0.3, 0.4) is 0 Å². The highest BCUT2D eigenvalue weighted by Crippen LogP contribution is 2.38. The van der Waals surface area contributed by atoms with Gasteiger partial charge in [0.25, 0.3) is 0 Å². The van der Waals surface area contributed by atoms with E-state index in [0.29, 0.717) is 13.2 Å². The molecule has 4 rings (SSSR count). The van der Waals surface area contributed by atoms with Crippen molar-refractivity contribution in [2.24, 2.45) is 5.73 Å². The summed E-state index contributed by atoms with van der Waals surface area (Å²) in [6.07, 6.45) is 4.51. The van der Waals surface area contributed by atoms with Crippen LogP contribution < -0.4 is 10.5 Å². The number of halogens is 1. The van der Waals surface area contributed by atoms with Crippen LogP contribution >= 0.6 is 0 Å². The molecule has 2 heterocycles. The molecule has 4 nitrogen and oxygen atoms in total. The zero-order chi connectivity index (χ0) is 19.5. The average molecular weight is 377 g/mol. The fourth-order valence-corrected chi connectivity index (χ4v) is 3.79. The molecular weight excluding hydrogens is 353 g/mol. The van der Waals surface area contributed by atoms with Gasteiger partial charge in [-0.2, -0.15) is 0 Å². The monoisotopic (exact) mass is 377 g/mol. The lowest BCUT2D eigenvalue weighted by Crippen LogP contribution is -1.99. The van der Waals surface area contributed by atoms with Gasteiger partial charge in [0.1, 0.15) is 17.1 Å². The summed E-state index contributed by atoms with van der Waals surface area (Å²) in [6, 6.07) is 12.9. The van der Waals surface area contributed by atoms with Crippen molar-refractivity contribution in [3.63, 3.8) is 0 Å². The first kappa shape index (κ1) is 18.4. The van der Waals surface area contributed by atoms with E-state index in [1.165, 1.54) is 6.07 Å². The van der Waals surface area contributed by atoms with Crippen molar-refractivity contribution in [2.45, 2.75) is 26.2 Å². The maximum absolute atomic E-state index is 13.9. The Hall–Kier alpha value is -2.92. The highest BCUT2D eigenvalue weighted by Gasteiger charge is 2.17. The number of hydrogen-bond acceptors (Lipinski definition) is 3. The van der Waals surface area contributed by atoms with Gasteiger partial charge in [-0.1, -0.05) is 6.07 Å². The summed E-state index contributed by atoms with van der Waals surface area (Å²) in [4.78, 5) is 8.06. The SMILES string of the molecule is CCOc1ccc(-c2[nH]c3ccc(F)cc3c2CCCCN)c2cccnc12. The van der Waals surface area contributed by atoms with E-state index in [1.54, 1.807) is 18.3 Å². The number of nitrogens with one attached hydrogen (secondary N) is 1. The van der Waals surface area contributed by atoms with E-state index < -0.39 is 0 Å². The zero-order valence-electron chi connectivity index (χ0n) is 16.0. The lowest BCUT2D eigenvalue weighted by atomic mass is 9.97. The molecule has 0 fully saturated rings. The van der Waals surface area contributed by atoms with E-state index in [0.717, 1.165) is 63.6 Å². The topological polar surface area (TPSA) is 63.9 Å². The first-order valence-electron chi connectivity index (χ1n) is 9.74. The van der Waals surface area contributed by atoms with Gasteiger partial charge in [0.2, 0.25) is 0 Å². The average Bonchev–Trinajstić information content (AvgIpc) is 3.06. The van der Waals surface area contributed by atoms with Crippen LogP contribution in [-0.2, 0) is 6.42 Å². The van der Waals surface area contributed by atoms with E-state index in [2.05, 4.69) is 22.1 Å². The molecule has 0 unspecified atom stereocenters. The van der Waals surface area contributed by atoms with Crippen molar-refractivity contribution in [1.82, 2.24) is 9.97 Å². The Labute approximate surface area is 163 Å². The molecule has 3 N–H and O–H groups in total. The van der Waals surface area contributed by atoms with Crippen LogP contribution in [0.1, 0.15) is 25.3 Å². The van der Waals surface area contributed by atoms with Gasteiger partial charge in [-0.15, -0.1) is 0 Å². The predicted octanol–water partition coefficient (Wildman–Crippen LogP) is 5.20. The van der Waals surface area contributed by atoms with E-state index in [1.807, 2.05) is 19.1 Å². The van der Waals surface area contributed by atoms with Crippen LogP contribution in [0, 0.1) is 5.82 Å². The molecule has 0 atom stereocenters. The summed E-state index contributed by atoms with van der Waals surface area (Å²) >= 11 is 0. The predicted molar refractivity (Wildman–Crippen MR) is 112 cm³/mol. The second kappa shape index (κ2) is 7.98. The van der Waals surface area contributed by atoms with Crippen LogP contribution in [0.2, 0.25) is 0 Å². The molecule has 28 heavy (non-hydrogen) atoms. The molecule has 0 radical (unpaired) electrons. The molecule has 0 bridgehead atoms. The number of fused-ring (bicyclic) bond motifs is 2. The molecule has 0 amide bonds. The van der Waals surface area contributed by atoms with Crippen LogP contribution in [0.15, 0.2) is 48.7 Å². The van der Waals surface area contributed by atoms with Crippen LogP contribution in [0.5, 0.6) is 5.75 Å². The van der Waals surface area contributed by atoms with Crippen molar-refractivity contribution in [2.75, 3.05) is 13.2 Å². The Kier molecular flexibility index (Phi) is 5.26. The van der Waals surface area contributed by atoms with Crippen molar-refractivity contribution >= 4 is 21.8 Å². The first-order chi connectivity index (χ1) is 13.7. The second-order valence-corrected chi connectivity index (χ2v) is 6.86. The number of nitrogens with zero attached hydrogens (tertiary/aromatic N) is 1. The van der Waals surface area contributed by atoms with Gasteiger partial charge in [-0.05, 0) is 74.7 Å². The van der Waals surface area contributed by atoms with Gasteiger partial charge in [0, 0.05) is 28.0 Å². The maximum atomic E-state index is 13.9. The number of H-pyrrole nitrogens is 1. The van der Waals surface area contributed by atoms with Crippen molar-refractivity contribution < 1.29 is 9.13 Å². The fraction of sp³-hybridized carbons (Fsp3) is 0.261. The minimum Gasteiger partial charge on any atom is -0.492 e. The van der Waals surface area contributed by atoms with E-state index >= 15 is 0 Å².